The van der Waals surface area contributed by atoms with Gasteiger partial charge < -0.3 is 0 Å². The minimum absolute atomic E-state index is 0.0289. The minimum atomic E-state index is -0.543. The molecular weight excluding hydrogens is 443 g/mol. The molecule has 31 heavy (non-hydrogen) atoms. The lowest BCUT2D eigenvalue weighted by atomic mass is 9.84. The highest BCUT2D eigenvalue weighted by Gasteiger charge is 2.37. The topological polar surface area (TPSA) is 17.1 Å². The third-order valence-electron chi connectivity index (χ3n) is 5.19. The molecule has 0 saturated heterocycles. The summed E-state index contributed by atoms with van der Waals surface area (Å²) in [6.07, 6.45) is 0. The number of Topliss-reactive ketones (excluding diaryl/α,β-unsaturated/α-hetero) is 1. The highest BCUT2D eigenvalue weighted by atomic mass is 35.5. The van der Waals surface area contributed by atoms with E-state index in [0.29, 0.717) is 15.6 Å². The van der Waals surface area contributed by atoms with Gasteiger partial charge in [0.2, 0.25) is 0 Å². The van der Waals surface area contributed by atoms with Gasteiger partial charge in [-0.15, -0.1) is 11.8 Å². The van der Waals surface area contributed by atoms with Crippen molar-refractivity contribution in [3.63, 3.8) is 0 Å². The van der Waals surface area contributed by atoms with E-state index in [4.69, 9.17) is 23.2 Å². The van der Waals surface area contributed by atoms with Gasteiger partial charge in [-0.3, -0.25) is 4.79 Å². The molecule has 0 N–H and O–H groups in total. The van der Waals surface area contributed by atoms with Crippen molar-refractivity contribution in [3.05, 3.63) is 141 Å². The van der Waals surface area contributed by atoms with Gasteiger partial charge in [-0.1, -0.05) is 114 Å². The zero-order valence-electron chi connectivity index (χ0n) is 16.7. The number of hydrogen-bond acceptors (Lipinski definition) is 2. The van der Waals surface area contributed by atoms with Crippen LogP contribution in [0.4, 0.5) is 0 Å². The van der Waals surface area contributed by atoms with Crippen LogP contribution in [0.15, 0.2) is 109 Å². The first-order valence-electron chi connectivity index (χ1n) is 9.90. The third-order valence-corrected chi connectivity index (χ3v) is 7.29. The zero-order valence-corrected chi connectivity index (χ0v) is 19.0. The molecule has 4 aromatic rings. The van der Waals surface area contributed by atoms with Gasteiger partial charge >= 0.3 is 0 Å². The molecule has 1 nitrogen and oxygen atoms in total. The molecule has 0 amide bonds. The number of ketones is 1. The van der Waals surface area contributed by atoms with Crippen molar-refractivity contribution in [1.29, 1.82) is 0 Å². The number of benzene rings is 4. The predicted octanol–water partition coefficient (Wildman–Crippen LogP) is 7.90. The first-order chi connectivity index (χ1) is 15.1. The normalized spacial score (nSPS) is 11.3. The molecule has 0 saturated carbocycles. The first-order valence-corrected chi connectivity index (χ1v) is 11.6. The molecule has 4 heteroatoms. The Morgan fingerprint density at radius 1 is 0.677 bits per heavy atom. The van der Waals surface area contributed by atoms with Gasteiger partial charge in [-0.25, -0.2) is 0 Å². The van der Waals surface area contributed by atoms with Gasteiger partial charge in [-0.05, 0) is 34.9 Å². The molecule has 0 spiro atoms. The van der Waals surface area contributed by atoms with Gasteiger partial charge in [0, 0.05) is 10.6 Å². The second-order valence-electron chi connectivity index (χ2n) is 7.12. The summed E-state index contributed by atoms with van der Waals surface area (Å²) < 4.78 is -0.543. The monoisotopic (exact) mass is 462 g/mol. The Balaban J connectivity index is 1.81. The summed E-state index contributed by atoms with van der Waals surface area (Å²) in [5.74, 6) is 0.235. The maximum Gasteiger partial charge on any atom is 0.174 e. The fraction of sp³-hybridized carbons (Fsp3) is 0.0741. The Bertz CT molecular complexity index is 1070. The molecular formula is C27H20Cl2OS. The molecule has 0 atom stereocenters. The van der Waals surface area contributed by atoms with Crippen LogP contribution < -0.4 is 0 Å². The summed E-state index contributed by atoms with van der Waals surface area (Å²) in [6, 6.07) is 36.0. The van der Waals surface area contributed by atoms with Crippen molar-refractivity contribution < 1.29 is 4.79 Å². The highest BCUT2D eigenvalue weighted by molar-refractivity contribution is 8.01. The van der Waals surface area contributed by atoms with Crippen LogP contribution in [0, 0.1) is 0 Å². The van der Waals surface area contributed by atoms with E-state index in [0.717, 1.165) is 16.7 Å². The lowest BCUT2D eigenvalue weighted by Crippen LogP contribution is -2.27. The zero-order chi connectivity index (χ0) is 21.7. The Morgan fingerprint density at radius 3 is 1.55 bits per heavy atom. The molecule has 154 valence electrons. The Hall–Kier alpha value is -2.52. The van der Waals surface area contributed by atoms with Crippen molar-refractivity contribution in [2.75, 3.05) is 5.75 Å². The van der Waals surface area contributed by atoms with Crippen LogP contribution in [0.3, 0.4) is 0 Å². The first kappa shape index (κ1) is 21.7. The summed E-state index contributed by atoms with van der Waals surface area (Å²) in [4.78, 5) is 13.2. The fourth-order valence-corrected chi connectivity index (χ4v) is 5.66. The standard InChI is InChI=1S/C27H20Cl2OS/c28-23-16-17-24(25(29)18-23)26(30)19-31-27(20-10-4-1-5-11-20,21-12-6-2-7-13-21)22-14-8-3-9-15-22/h1-18H,19H2. The molecule has 0 aromatic heterocycles. The van der Waals surface area contributed by atoms with Crippen molar-refractivity contribution in [3.8, 4) is 0 Å². The molecule has 0 radical (unpaired) electrons. The summed E-state index contributed by atoms with van der Waals surface area (Å²) in [6.45, 7) is 0. The Morgan fingerprint density at radius 2 is 1.13 bits per heavy atom. The molecule has 4 rings (SSSR count). The van der Waals surface area contributed by atoms with Crippen LogP contribution in [0.5, 0.6) is 0 Å². The highest BCUT2D eigenvalue weighted by Crippen LogP contribution is 2.48. The average Bonchev–Trinajstić information content (AvgIpc) is 2.81. The lowest BCUT2D eigenvalue weighted by molar-refractivity contribution is 0.102. The lowest BCUT2D eigenvalue weighted by Gasteiger charge is -2.35. The fourth-order valence-electron chi connectivity index (χ4n) is 3.74. The van der Waals surface area contributed by atoms with Crippen molar-refractivity contribution in [2.24, 2.45) is 0 Å². The maximum atomic E-state index is 13.2. The maximum absolute atomic E-state index is 13.2. The van der Waals surface area contributed by atoms with E-state index < -0.39 is 4.75 Å². The predicted molar refractivity (Wildman–Crippen MR) is 132 cm³/mol. The molecule has 0 unspecified atom stereocenters. The van der Waals surface area contributed by atoms with Crippen molar-refractivity contribution in [1.82, 2.24) is 0 Å². The minimum Gasteiger partial charge on any atom is -0.293 e. The quantitative estimate of drug-likeness (QED) is 0.205. The van der Waals surface area contributed by atoms with Crippen LogP contribution >= 0.6 is 35.0 Å². The average molecular weight is 463 g/mol. The second kappa shape index (κ2) is 9.74. The number of thioether (sulfide) groups is 1. The number of halogens is 2. The van der Waals surface area contributed by atoms with E-state index >= 15 is 0 Å². The van der Waals surface area contributed by atoms with Gasteiger partial charge in [0.05, 0.1) is 15.5 Å². The molecule has 0 heterocycles. The van der Waals surface area contributed by atoms with E-state index in [1.807, 2.05) is 54.6 Å². The second-order valence-corrected chi connectivity index (χ2v) is 9.15. The molecule has 0 aliphatic rings. The summed E-state index contributed by atoms with van der Waals surface area (Å²) in [7, 11) is 0. The molecule has 4 aromatic carbocycles. The van der Waals surface area contributed by atoms with Crippen molar-refractivity contribution in [2.45, 2.75) is 4.75 Å². The SMILES string of the molecule is O=C(CSC(c1ccccc1)(c1ccccc1)c1ccccc1)c1ccc(Cl)cc1Cl. The van der Waals surface area contributed by atoms with E-state index in [2.05, 4.69) is 36.4 Å². The Labute approximate surface area is 197 Å². The van der Waals surface area contributed by atoms with Crippen LogP contribution in [0.1, 0.15) is 27.0 Å². The van der Waals surface area contributed by atoms with Crippen LogP contribution in [0.25, 0.3) is 0 Å². The van der Waals surface area contributed by atoms with Crippen LogP contribution in [0.2, 0.25) is 10.0 Å². The van der Waals surface area contributed by atoms with E-state index in [9.17, 15) is 4.79 Å². The van der Waals surface area contributed by atoms with Gasteiger partial charge in [0.1, 0.15) is 0 Å². The largest absolute Gasteiger partial charge is 0.293 e. The van der Waals surface area contributed by atoms with Gasteiger partial charge in [-0.2, -0.15) is 0 Å². The smallest absolute Gasteiger partial charge is 0.174 e. The van der Waals surface area contributed by atoms with E-state index in [1.165, 1.54) is 0 Å². The van der Waals surface area contributed by atoms with Gasteiger partial charge in [0.15, 0.2) is 5.78 Å². The van der Waals surface area contributed by atoms with E-state index in [1.54, 1.807) is 30.0 Å². The summed E-state index contributed by atoms with van der Waals surface area (Å²) in [5, 5.41) is 0.893. The van der Waals surface area contributed by atoms with E-state index in [-0.39, 0.29) is 11.5 Å². The number of hydrogen-bond donors (Lipinski definition) is 0. The number of carbonyl (C=O) groups excluding carboxylic acids is 1. The van der Waals surface area contributed by atoms with Crippen LogP contribution in [-0.2, 0) is 4.75 Å². The summed E-state index contributed by atoms with van der Waals surface area (Å²) >= 11 is 13.9. The van der Waals surface area contributed by atoms with Crippen LogP contribution in [-0.4, -0.2) is 11.5 Å². The molecule has 0 bridgehead atoms. The molecule has 0 fully saturated rings. The Kier molecular flexibility index (Phi) is 6.82. The molecule has 0 aliphatic carbocycles. The number of rotatable bonds is 7. The van der Waals surface area contributed by atoms with Gasteiger partial charge in [0.25, 0.3) is 0 Å². The molecule has 0 aliphatic heterocycles. The number of carbonyl (C=O) groups is 1. The summed E-state index contributed by atoms with van der Waals surface area (Å²) in [5.41, 5.74) is 3.84. The van der Waals surface area contributed by atoms with Crippen molar-refractivity contribution >= 4 is 40.7 Å². The third kappa shape index (κ3) is 4.57.